The van der Waals surface area contributed by atoms with E-state index in [1.165, 1.54) is 24.4 Å². The topological polar surface area (TPSA) is 54.0 Å². The summed E-state index contributed by atoms with van der Waals surface area (Å²) in [6, 6.07) is 15.6. The van der Waals surface area contributed by atoms with Crippen LogP contribution >= 0.6 is 0 Å². The third-order valence-corrected chi connectivity index (χ3v) is 4.19. The molecule has 0 atom stereocenters. The number of halogens is 3. The van der Waals surface area contributed by atoms with Crippen molar-refractivity contribution >= 4 is 17.4 Å². The first kappa shape index (κ1) is 19.4. The number of aryl methyl sites for hydroxylation is 1. The molecule has 3 rings (SSSR count). The fourth-order valence-electron chi connectivity index (χ4n) is 2.65. The molecule has 0 fully saturated rings. The standard InChI is InChI=1S/C21H18F3N3O/c1-14-5-2-3-6-16(14)13-26-20(28)15-9-10-25-19(11-15)27-18-8-4-7-17(12-18)21(22,23)24/h2-12H,13H2,1H3,(H,25,27)(H,26,28). The van der Waals surface area contributed by atoms with E-state index >= 15 is 0 Å². The number of rotatable bonds is 5. The van der Waals surface area contributed by atoms with Gasteiger partial charge in [0.1, 0.15) is 5.82 Å². The highest BCUT2D eigenvalue weighted by molar-refractivity contribution is 5.94. The van der Waals surface area contributed by atoms with Crippen LogP contribution in [0.2, 0.25) is 0 Å². The number of aromatic nitrogens is 1. The van der Waals surface area contributed by atoms with Crippen LogP contribution in [0.15, 0.2) is 66.9 Å². The van der Waals surface area contributed by atoms with Crippen LogP contribution in [0.4, 0.5) is 24.7 Å². The minimum atomic E-state index is -4.43. The van der Waals surface area contributed by atoms with Gasteiger partial charge in [0, 0.05) is 24.0 Å². The Hall–Kier alpha value is -3.35. The molecule has 2 aromatic carbocycles. The maximum atomic E-state index is 12.8. The lowest BCUT2D eigenvalue weighted by atomic mass is 10.1. The predicted octanol–water partition coefficient (Wildman–Crippen LogP) is 5.08. The number of amides is 1. The van der Waals surface area contributed by atoms with E-state index in [2.05, 4.69) is 15.6 Å². The third kappa shape index (κ3) is 4.88. The van der Waals surface area contributed by atoms with Gasteiger partial charge in [-0.05, 0) is 48.4 Å². The van der Waals surface area contributed by atoms with Gasteiger partial charge < -0.3 is 10.6 Å². The molecule has 0 unspecified atom stereocenters. The van der Waals surface area contributed by atoms with E-state index in [1.807, 2.05) is 31.2 Å². The highest BCUT2D eigenvalue weighted by Gasteiger charge is 2.30. The number of carbonyl (C=O) groups is 1. The number of pyridine rings is 1. The Morgan fingerprint density at radius 3 is 2.57 bits per heavy atom. The third-order valence-electron chi connectivity index (χ3n) is 4.19. The maximum absolute atomic E-state index is 12.8. The van der Waals surface area contributed by atoms with Gasteiger partial charge in [-0.2, -0.15) is 13.2 Å². The zero-order valence-corrected chi connectivity index (χ0v) is 15.0. The van der Waals surface area contributed by atoms with Gasteiger partial charge in [-0.25, -0.2) is 4.98 Å². The van der Waals surface area contributed by atoms with E-state index in [-0.39, 0.29) is 17.4 Å². The van der Waals surface area contributed by atoms with Crippen molar-refractivity contribution in [1.29, 1.82) is 0 Å². The number of hydrogen-bond acceptors (Lipinski definition) is 3. The molecule has 0 spiro atoms. The van der Waals surface area contributed by atoms with Crippen LogP contribution < -0.4 is 10.6 Å². The summed E-state index contributed by atoms with van der Waals surface area (Å²) < 4.78 is 38.5. The Labute approximate surface area is 160 Å². The van der Waals surface area contributed by atoms with Gasteiger partial charge >= 0.3 is 6.18 Å². The molecule has 0 aliphatic carbocycles. The Morgan fingerprint density at radius 2 is 1.82 bits per heavy atom. The minimum Gasteiger partial charge on any atom is -0.348 e. The van der Waals surface area contributed by atoms with Crippen molar-refractivity contribution in [3.05, 3.63) is 89.1 Å². The van der Waals surface area contributed by atoms with Gasteiger partial charge in [0.05, 0.1) is 5.56 Å². The van der Waals surface area contributed by atoms with Crippen LogP contribution in [0.5, 0.6) is 0 Å². The Morgan fingerprint density at radius 1 is 1.04 bits per heavy atom. The second-order valence-electron chi connectivity index (χ2n) is 6.24. The van der Waals surface area contributed by atoms with Crippen molar-refractivity contribution in [2.75, 3.05) is 5.32 Å². The second-order valence-corrected chi connectivity index (χ2v) is 6.24. The zero-order chi connectivity index (χ0) is 20.1. The molecule has 0 saturated carbocycles. The van der Waals surface area contributed by atoms with Gasteiger partial charge in [0.2, 0.25) is 0 Å². The van der Waals surface area contributed by atoms with Crippen molar-refractivity contribution in [2.24, 2.45) is 0 Å². The molecule has 1 heterocycles. The first-order chi connectivity index (χ1) is 13.3. The Bertz CT molecular complexity index is 986. The quantitative estimate of drug-likeness (QED) is 0.644. The van der Waals surface area contributed by atoms with E-state index in [4.69, 9.17) is 0 Å². The van der Waals surface area contributed by atoms with Crippen LogP contribution in [-0.4, -0.2) is 10.9 Å². The minimum absolute atomic E-state index is 0.236. The molecule has 0 aliphatic rings. The molecular formula is C21H18F3N3O. The van der Waals surface area contributed by atoms with Crippen molar-refractivity contribution in [3.8, 4) is 0 Å². The first-order valence-electron chi connectivity index (χ1n) is 8.56. The summed E-state index contributed by atoms with van der Waals surface area (Å²) in [6.45, 7) is 2.34. The van der Waals surface area contributed by atoms with Gasteiger partial charge in [-0.15, -0.1) is 0 Å². The van der Waals surface area contributed by atoms with E-state index in [1.54, 1.807) is 6.07 Å². The summed E-state index contributed by atoms with van der Waals surface area (Å²) in [5, 5.41) is 5.64. The summed E-state index contributed by atoms with van der Waals surface area (Å²) >= 11 is 0. The highest BCUT2D eigenvalue weighted by atomic mass is 19.4. The van der Waals surface area contributed by atoms with Crippen LogP contribution in [-0.2, 0) is 12.7 Å². The molecule has 0 saturated heterocycles. The Balaban J connectivity index is 1.70. The number of carbonyl (C=O) groups excluding carboxylic acids is 1. The van der Waals surface area contributed by atoms with E-state index in [0.717, 1.165) is 23.3 Å². The smallest absolute Gasteiger partial charge is 0.348 e. The predicted molar refractivity (Wildman–Crippen MR) is 101 cm³/mol. The Kier molecular flexibility index (Phi) is 5.63. The molecule has 3 aromatic rings. The molecule has 0 aliphatic heterocycles. The van der Waals surface area contributed by atoms with Crippen molar-refractivity contribution in [3.63, 3.8) is 0 Å². The molecule has 0 bridgehead atoms. The second kappa shape index (κ2) is 8.12. The number of anilines is 2. The average Bonchev–Trinajstić information content (AvgIpc) is 2.67. The van der Waals surface area contributed by atoms with Gasteiger partial charge in [-0.3, -0.25) is 4.79 Å². The highest BCUT2D eigenvalue weighted by Crippen LogP contribution is 2.31. The number of nitrogens with one attached hydrogen (secondary N) is 2. The summed E-state index contributed by atoms with van der Waals surface area (Å²) in [6.07, 6.45) is -3.00. The number of alkyl halides is 3. The maximum Gasteiger partial charge on any atom is 0.416 e. The number of hydrogen-bond donors (Lipinski definition) is 2. The van der Waals surface area contributed by atoms with E-state index in [9.17, 15) is 18.0 Å². The molecule has 1 aromatic heterocycles. The molecule has 7 heteroatoms. The fraction of sp³-hybridized carbons (Fsp3) is 0.143. The fourth-order valence-corrected chi connectivity index (χ4v) is 2.65. The number of benzene rings is 2. The first-order valence-corrected chi connectivity index (χ1v) is 8.56. The molecular weight excluding hydrogens is 367 g/mol. The van der Waals surface area contributed by atoms with Crippen LogP contribution in [0, 0.1) is 6.92 Å². The molecule has 4 nitrogen and oxygen atoms in total. The lowest BCUT2D eigenvalue weighted by Crippen LogP contribution is -2.23. The zero-order valence-electron chi connectivity index (χ0n) is 15.0. The molecule has 2 N–H and O–H groups in total. The van der Waals surface area contributed by atoms with E-state index < -0.39 is 11.7 Å². The van der Waals surface area contributed by atoms with Gasteiger partial charge in [0.25, 0.3) is 5.91 Å². The van der Waals surface area contributed by atoms with Gasteiger partial charge in [0.15, 0.2) is 0 Å². The monoisotopic (exact) mass is 385 g/mol. The SMILES string of the molecule is Cc1ccccc1CNC(=O)c1ccnc(Nc2cccc(C(F)(F)F)c2)c1. The lowest BCUT2D eigenvalue weighted by molar-refractivity contribution is -0.137. The summed E-state index contributed by atoms with van der Waals surface area (Å²) in [7, 11) is 0. The van der Waals surface area contributed by atoms with Crippen molar-refractivity contribution in [2.45, 2.75) is 19.6 Å². The number of nitrogens with zero attached hydrogens (tertiary/aromatic N) is 1. The largest absolute Gasteiger partial charge is 0.416 e. The van der Waals surface area contributed by atoms with Crippen LogP contribution in [0.3, 0.4) is 0 Å². The molecule has 1 amide bonds. The average molecular weight is 385 g/mol. The molecule has 144 valence electrons. The summed E-state index contributed by atoms with van der Waals surface area (Å²) in [5.41, 5.74) is 1.92. The van der Waals surface area contributed by atoms with Crippen molar-refractivity contribution < 1.29 is 18.0 Å². The van der Waals surface area contributed by atoms with Gasteiger partial charge in [-0.1, -0.05) is 30.3 Å². The molecule has 28 heavy (non-hydrogen) atoms. The molecule has 0 radical (unpaired) electrons. The summed E-state index contributed by atoms with van der Waals surface area (Å²) in [5.74, 6) is -0.0133. The lowest BCUT2D eigenvalue weighted by Gasteiger charge is -2.11. The van der Waals surface area contributed by atoms with Crippen LogP contribution in [0.1, 0.15) is 27.0 Å². The van der Waals surface area contributed by atoms with E-state index in [0.29, 0.717) is 12.1 Å². The normalized spacial score (nSPS) is 11.1. The van der Waals surface area contributed by atoms with Crippen LogP contribution in [0.25, 0.3) is 0 Å². The van der Waals surface area contributed by atoms with Crippen molar-refractivity contribution in [1.82, 2.24) is 10.3 Å². The summed E-state index contributed by atoms with van der Waals surface area (Å²) in [4.78, 5) is 16.5.